The summed E-state index contributed by atoms with van der Waals surface area (Å²) >= 11 is 1.54. The number of fused-ring (bicyclic) bond motifs is 1. The third kappa shape index (κ3) is 5.99. The van der Waals surface area contributed by atoms with E-state index in [0.717, 1.165) is 12.0 Å². The van der Waals surface area contributed by atoms with Crippen molar-refractivity contribution in [2.45, 2.75) is 119 Å². The van der Waals surface area contributed by atoms with Crippen molar-refractivity contribution in [3.05, 3.63) is 29.8 Å². The predicted octanol–water partition coefficient (Wildman–Crippen LogP) is 8.29. The van der Waals surface area contributed by atoms with Gasteiger partial charge in [-0.25, -0.2) is 8.42 Å². The minimum atomic E-state index is -3.48. The average Bonchev–Trinajstić information content (AvgIpc) is 3.26. The summed E-state index contributed by atoms with van der Waals surface area (Å²) in [7, 11) is -7.40. The highest BCUT2D eigenvalue weighted by Crippen LogP contribution is 2.60. The van der Waals surface area contributed by atoms with Gasteiger partial charge in [0.15, 0.2) is 26.5 Å². The molecule has 0 radical (unpaired) electrons. The van der Waals surface area contributed by atoms with Crippen molar-refractivity contribution in [2.75, 3.05) is 12.9 Å². The fourth-order valence-electron chi connectivity index (χ4n) is 5.54. The monoisotopic (exact) mass is 584 g/mol. The first kappa shape index (κ1) is 31.4. The molecular weight excluding hydrogens is 533 g/mol. The van der Waals surface area contributed by atoms with Crippen LogP contribution in [-0.2, 0) is 18.7 Å². The Morgan fingerprint density at radius 3 is 1.97 bits per heavy atom. The molecule has 0 aromatic heterocycles. The van der Waals surface area contributed by atoms with Crippen LogP contribution in [0.3, 0.4) is 0 Å². The molecule has 8 heteroatoms. The first-order valence-electron chi connectivity index (χ1n) is 13.9. The number of sulfone groups is 1. The minimum Gasteiger partial charge on any atom is -0.416 e. The summed E-state index contributed by atoms with van der Waals surface area (Å²) in [6.45, 7) is 25.7. The predicted molar refractivity (Wildman–Crippen MR) is 164 cm³/mol. The number of benzene rings is 1. The Kier molecular flexibility index (Phi) is 8.80. The van der Waals surface area contributed by atoms with Crippen LogP contribution in [0.4, 0.5) is 0 Å². The number of hydrogen-bond donors (Lipinski definition) is 0. The maximum atomic E-state index is 14.1. The molecule has 0 saturated heterocycles. The molecule has 2 fully saturated rings. The molecule has 0 N–H and O–H groups in total. The van der Waals surface area contributed by atoms with Crippen molar-refractivity contribution in [3.8, 4) is 0 Å². The van der Waals surface area contributed by atoms with E-state index in [1.54, 1.807) is 12.1 Å². The van der Waals surface area contributed by atoms with Crippen LogP contribution in [0.2, 0.25) is 36.3 Å². The van der Waals surface area contributed by atoms with Crippen LogP contribution in [0.25, 0.3) is 0 Å². The van der Waals surface area contributed by atoms with Crippen LogP contribution in [0, 0.1) is 24.7 Å². The van der Waals surface area contributed by atoms with E-state index in [-0.39, 0.29) is 22.1 Å². The number of aryl methyl sites for hydroxylation is 1. The largest absolute Gasteiger partial charge is 0.416 e. The summed E-state index contributed by atoms with van der Waals surface area (Å²) < 4.78 is 41.2. The summed E-state index contributed by atoms with van der Waals surface area (Å²) in [6.07, 6.45) is 4.44. The molecule has 0 amide bonds. The van der Waals surface area contributed by atoms with Gasteiger partial charge in [0.25, 0.3) is 0 Å². The van der Waals surface area contributed by atoms with Crippen molar-refractivity contribution < 1.29 is 17.3 Å². The summed E-state index contributed by atoms with van der Waals surface area (Å²) in [5, 5.41) is 0.265. The third-order valence-electron chi connectivity index (χ3n) is 10.2. The third-order valence-corrected chi connectivity index (χ3v) is 23.6. The fraction of sp³-hybridized carbons (Fsp3) is 0.793. The molecule has 2 saturated carbocycles. The van der Waals surface area contributed by atoms with Crippen LogP contribution in [0.5, 0.6) is 0 Å². The highest BCUT2D eigenvalue weighted by molar-refractivity contribution is 8.14. The molecule has 0 bridgehead atoms. The van der Waals surface area contributed by atoms with Gasteiger partial charge < -0.3 is 8.85 Å². The molecule has 4 nitrogen and oxygen atoms in total. The molecule has 2 aliphatic carbocycles. The first-order chi connectivity index (χ1) is 16.7. The first-order valence-corrected chi connectivity index (χ1v) is 22.4. The van der Waals surface area contributed by atoms with Gasteiger partial charge in [-0.1, -0.05) is 59.2 Å². The topological polar surface area (TPSA) is 52.6 Å². The second-order valence-electron chi connectivity index (χ2n) is 14.7. The SMILES string of the molecule is CSC1(S(=O)(=O)c2ccc(C)cc2)C[C@H]2C[C@@H](O[Si](C)(C)C(C)(C)C)[C@H](CO[Si](C)(C)C(C)(C)C)[C@H]2C1. The van der Waals surface area contributed by atoms with E-state index in [2.05, 4.69) is 67.7 Å². The number of hydrogen-bond acceptors (Lipinski definition) is 5. The zero-order valence-corrected chi connectivity index (χ0v) is 29.0. The molecule has 0 aliphatic heterocycles. The number of rotatable bonds is 8. The van der Waals surface area contributed by atoms with Crippen LogP contribution in [0.15, 0.2) is 29.2 Å². The number of thioether (sulfide) groups is 1. The van der Waals surface area contributed by atoms with E-state index in [1.807, 2.05) is 25.3 Å². The normalized spacial score (nSPS) is 29.5. The van der Waals surface area contributed by atoms with Crippen molar-refractivity contribution in [2.24, 2.45) is 17.8 Å². The average molecular weight is 585 g/mol. The highest BCUT2D eigenvalue weighted by Gasteiger charge is 2.60. The molecule has 5 atom stereocenters. The Balaban J connectivity index is 1.94. The molecule has 37 heavy (non-hydrogen) atoms. The van der Waals surface area contributed by atoms with Gasteiger partial charge in [0.2, 0.25) is 0 Å². The van der Waals surface area contributed by atoms with Gasteiger partial charge in [-0.05, 0) is 92.7 Å². The lowest BCUT2D eigenvalue weighted by Gasteiger charge is -2.42. The van der Waals surface area contributed by atoms with Crippen molar-refractivity contribution in [1.29, 1.82) is 0 Å². The van der Waals surface area contributed by atoms with Gasteiger partial charge in [0, 0.05) is 12.5 Å². The molecule has 1 unspecified atom stereocenters. The van der Waals surface area contributed by atoms with Gasteiger partial charge in [0.1, 0.15) is 4.08 Å². The van der Waals surface area contributed by atoms with Crippen LogP contribution in [0.1, 0.15) is 66.4 Å². The maximum Gasteiger partial charge on any atom is 0.193 e. The Hall–Kier alpha value is -0.126. The molecule has 3 rings (SSSR count). The highest BCUT2D eigenvalue weighted by atomic mass is 32.3. The molecule has 1 aromatic carbocycles. The van der Waals surface area contributed by atoms with Gasteiger partial charge in [-0.2, -0.15) is 0 Å². The Morgan fingerprint density at radius 1 is 0.946 bits per heavy atom. The lowest BCUT2D eigenvalue weighted by Crippen LogP contribution is -2.48. The molecule has 0 spiro atoms. The Morgan fingerprint density at radius 2 is 1.49 bits per heavy atom. The Labute approximate surface area is 234 Å². The smallest absolute Gasteiger partial charge is 0.193 e. The zero-order valence-electron chi connectivity index (χ0n) is 25.4. The lowest BCUT2D eigenvalue weighted by atomic mass is 9.92. The van der Waals surface area contributed by atoms with Gasteiger partial charge in [0.05, 0.1) is 11.0 Å². The summed E-state index contributed by atoms with van der Waals surface area (Å²) in [5.74, 6) is 0.873. The summed E-state index contributed by atoms with van der Waals surface area (Å²) in [6, 6.07) is 7.40. The van der Waals surface area contributed by atoms with Gasteiger partial charge in [-0.3, -0.25) is 0 Å². The Bertz CT molecular complexity index is 1050. The maximum absolute atomic E-state index is 14.1. The van der Waals surface area contributed by atoms with E-state index in [4.69, 9.17) is 8.85 Å². The molecule has 1 aromatic rings. The fourth-order valence-corrected chi connectivity index (χ4v) is 11.6. The van der Waals surface area contributed by atoms with E-state index in [9.17, 15) is 8.42 Å². The second-order valence-corrected chi connectivity index (χ2v) is 27.9. The van der Waals surface area contributed by atoms with Crippen molar-refractivity contribution in [3.63, 3.8) is 0 Å². The molecule has 0 heterocycles. The van der Waals surface area contributed by atoms with Crippen LogP contribution >= 0.6 is 11.8 Å². The molecule has 212 valence electrons. The van der Waals surface area contributed by atoms with Gasteiger partial charge in [-0.15, -0.1) is 11.8 Å². The van der Waals surface area contributed by atoms with E-state index < -0.39 is 30.6 Å². The quantitative estimate of drug-likeness (QED) is 0.288. The van der Waals surface area contributed by atoms with Crippen LogP contribution < -0.4 is 0 Å². The summed E-state index contributed by atoms with van der Waals surface area (Å²) in [5.41, 5.74) is 1.08. The molecule has 2 aliphatic rings. The summed E-state index contributed by atoms with van der Waals surface area (Å²) in [4.78, 5) is 0.454. The second kappa shape index (κ2) is 10.4. The van der Waals surface area contributed by atoms with Crippen molar-refractivity contribution >= 4 is 38.2 Å². The van der Waals surface area contributed by atoms with E-state index >= 15 is 0 Å². The van der Waals surface area contributed by atoms with E-state index in [0.29, 0.717) is 36.2 Å². The lowest BCUT2D eigenvalue weighted by molar-refractivity contribution is 0.0812. The van der Waals surface area contributed by atoms with Gasteiger partial charge >= 0.3 is 0 Å². The zero-order chi connectivity index (χ0) is 28.2. The minimum absolute atomic E-state index is 0.132. The van der Waals surface area contributed by atoms with Crippen LogP contribution in [-0.4, -0.2) is 48.1 Å². The van der Waals surface area contributed by atoms with E-state index in [1.165, 1.54) is 11.8 Å². The van der Waals surface area contributed by atoms with Crippen molar-refractivity contribution in [1.82, 2.24) is 0 Å². The standard InChI is InChI=1S/C29H52O4S2Si2/c1-21-13-15-23(16-14-21)35(30,31)29(34-8)18-22-17-26(33-37(11,12)28(5,6)7)25(24(22)19-29)20-32-36(9,10)27(2,3)4/h13-16,22,24-26H,17-20H2,1-12H3/t22-,24+,25-,26-,29?/m1/s1. The molecular formula is C29H52O4S2Si2.